The van der Waals surface area contributed by atoms with E-state index in [1.807, 2.05) is 31.3 Å². The number of primary amides is 1. The van der Waals surface area contributed by atoms with Crippen molar-refractivity contribution in [1.29, 1.82) is 0 Å². The van der Waals surface area contributed by atoms with Crippen molar-refractivity contribution in [2.75, 3.05) is 13.2 Å². The average Bonchev–Trinajstić information content (AvgIpc) is 2.36. The van der Waals surface area contributed by atoms with E-state index in [-0.39, 0.29) is 12.6 Å². The molecule has 0 spiro atoms. The van der Waals surface area contributed by atoms with Gasteiger partial charge in [-0.05, 0) is 31.7 Å². The van der Waals surface area contributed by atoms with Crippen molar-refractivity contribution in [2.24, 2.45) is 5.73 Å². The molecule has 1 atom stereocenters. The van der Waals surface area contributed by atoms with E-state index in [0.29, 0.717) is 5.75 Å². The van der Waals surface area contributed by atoms with Gasteiger partial charge in [0.25, 0.3) is 5.91 Å². The van der Waals surface area contributed by atoms with Crippen molar-refractivity contribution in [1.82, 2.24) is 10.6 Å². The number of nitrogens with one attached hydrogen (secondary N) is 2. The van der Waals surface area contributed by atoms with Gasteiger partial charge in [0.2, 0.25) is 0 Å². The Morgan fingerprint density at radius 2 is 2.15 bits per heavy atom. The lowest BCUT2D eigenvalue weighted by atomic mass is 10.1. The van der Waals surface area contributed by atoms with Crippen LogP contribution < -0.4 is 21.1 Å². The molecule has 1 rings (SSSR count). The zero-order valence-electron chi connectivity index (χ0n) is 11.4. The number of amides is 3. The van der Waals surface area contributed by atoms with Gasteiger partial charge in [-0.1, -0.05) is 22.9 Å². The van der Waals surface area contributed by atoms with Crippen LogP contribution in [0.25, 0.3) is 0 Å². The standard InChI is InChI=1S/C13H18BrN3O3/c1-3-16-8(2)10-6-9(14)4-5-11(10)20-7-12(18)17-13(15)19/h4-6,8,16H,3,7H2,1-2H3,(H3,15,17,18,19). The van der Waals surface area contributed by atoms with Crippen LogP contribution in [0.2, 0.25) is 0 Å². The Kier molecular flexibility index (Phi) is 6.47. The lowest BCUT2D eigenvalue weighted by Crippen LogP contribution is -2.38. The lowest BCUT2D eigenvalue weighted by Gasteiger charge is -2.18. The van der Waals surface area contributed by atoms with Gasteiger partial charge in [-0.15, -0.1) is 0 Å². The third kappa shape index (κ3) is 5.18. The molecule has 4 N–H and O–H groups in total. The molecule has 0 fully saturated rings. The number of imide groups is 1. The molecule has 0 saturated carbocycles. The molecule has 0 aliphatic heterocycles. The van der Waals surface area contributed by atoms with Crippen LogP contribution in [0, 0.1) is 0 Å². The Balaban J connectivity index is 2.78. The second kappa shape index (κ2) is 7.86. The van der Waals surface area contributed by atoms with E-state index < -0.39 is 11.9 Å². The van der Waals surface area contributed by atoms with Crippen molar-refractivity contribution in [3.05, 3.63) is 28.2 Å². The van der Waals surface area contributed by atoms with Crippen LogP contribution >= 0.6 is 15.9 Å². The van der Waals surface area contributed by atoms with E-state index in [2.05, 4.69) is 21.2 Å². The maximum Gasteiger partial charge on any atom is 0.318 e. The summed E-state index contributed by atoms with van der Waals surface area (Å²) < 4.78 is 6.36. The van der Waals surface area contributed by atoms with E-state index in [1.54, 1.807) is 6.07 Å². The molecule has 110 valence electrons. The van der Waals surface area contributed by atoms with Crippen molar-refractivity contribution in [3.63, 3.8) is 0 Å². The van der Waals surface area contributed by atoms with Crippen LogP contribution in [-0.2, 0) is 4.79 Å². The molecule has 0 aliphatic carbocycles. The van der Waals surface area contributed by atoms with Crippen LogP contribution in [-0.4, -0.2) is 25.1 Å². The Morgan fingerprint density at radius 3 is 2.75 bits per heavy atom. The molecule has 3 amide bonds. The molecule has 0 radical (unpaired) electrons. The highest BCUT2D eigenvalue weighted by Gasteiger charge is 2.13. The van der Waals surface area contributed by atoms with E-state index in [1.165, 1.54) is 0 Å². The molecular formula is C13H18BrN3O3. The highest BCUT2D eigenvalue weighted by Crippen LogP contribution is 2.28. The van der Waals surface area contributed by atoms with Gasteiger partial charge >= 0.3 is 6.03 Å². The van der Waals surface area contributed by atoms with Crippen molar-refractivity contribution in [2.45, 2.75) is 19.9 Å². The number of carbonyl (C=O) groups excluding carboxylic acids is 2. The van der Waals surface area contributed by atoms with Gasteiger partial charge in [-0.25, -0.2) is 4.79 Å². The first-order chi connectivity index (χ1) is 9.43. The van der Waals surface area contributed by atoms with Crippen molar-refractivity contribution in [3.8, 4) is 5.75 Å². The monoisotopic (exact) mass is 343 g/mol. The van der Waals surface area contributed by atoms with Crippen molar-refractivity contribution < 1.29 is 14.3 Å². The minimum atomic E-state index is -0.893. The predicted octanol–water partition coefficient (Wildman–Crippen LogP) is 1.69. The van der Waals surface area contributed by atoms with E-state index in [0.717, 1.165) is 16.6 Å². The first kappa shape index (κ1) is 16.5. The fourth-order valence-corrected chi connectivity index (χ4v) is 2.10. The summed E-state index contributed by atoms with van der Waals surface area (Å²) in [4.78, 5) is 21.9. The van der Waals surface area contributed by atoms with Crippen LogP contribution in [0.3, 0.4) is 0 Å². The summed E-state index contributed by atoms with van der Waals surface area (Å²) in [6.07, 6.45) is 0. The third-order valence-electron chi connectivity index (χ3n) is 2.57. The maximum atomic E-state index is 11.3. The van der Waals surface area contributed by atoms with E-state index in [9.17, 15) is 9.59 Å². The summed E-state index contributed by atoms with van der Waals surface area (Å²) in [6.45, 7) is 4.56. The highest BCUT2D eigenvalue weighted by molar-refractivity contribution is 9.10. The summed E-state index contributed by atoms with van der Waals surface area (Å²) in [5.74, 6) is 0.00347. The van der Waals surface area contributed by atoms with Gasteiger partial charge in [-0.3, -0.25) is 10.1 Å². The average molecular weight is 344 g/mol. The number of nitrogens with two attached hydrogens (primary N) is 1. The number of hydrogen-bond acceptors (Lipinski definition) is 4. The Morgan fingerprint density at radius 1 is 1.45 bits per heavy atom. The Bertz CT molecular complexity index is 494. The molecule has 1 unspecified atom stereocenters. The molecule has 1 aromatic carbocycles. The molecule has 6 nitrogen and oxygen atoms in total. The van der Waals surface area contributed by atoms with Gasteiger partial charge < -0.3 is 15.8 Å². The summed E-state index contributed by atoms with van der Waals surface area (Å²) in [6, 6.07) is 4.70. The first-order valence-electron chi connectivity index (χ1n) is 6.19. The predicted molar refractivity (Wildman–Crippen MR) is 79.5 cm³/mol. The Hall–Kier alpha value is -1.60. The molecule has 0 saturated heterocycles. The van der Waals surface area contributed by atoms with Crippen molar-refractivity contribution >= 4 is 27.9 Å². The largest absolute Gasteiger partial charge is 0.483 e. The minimum absolute atomic E-state index is 0.0756. The van der Waals surface area contributed by atoms with E-state index in [4.69, 9.17) is 10.5 Å². The summed E-state index contributed by atoms with van der Waals surface area (Å²) >= 11 is 3.40. The molecule has 20 heavy (non-hydrogen) atoms. The SMILES string of the molecule is CCNC(C)c1cc(Br)ccc1OCC(=O)NC(N)=O. The summed E-state index contributed by atoms with van der Waals surface area (Å²) in [5.41, 5.74) is 5.78. The van der Waals surface area contributed by atoms with Gasteiger partial charge in [0.15, 0.2) is 6.61 Å². The molecular weight excluding hydrogens is 326 g/mol. The topological polar surface area (TPSA) is 93.4 Å². The number of urea groups is 1. The quantitative estimate of drug-likeness (QED) is 0.732. The smallest absolute Gasteiger partial charge is 0.318 e. The molecule has 0 aliphatic rings. The molecule has 1 aromatic rings. The normalized spacial score (nSPS) is 11.8. The zero-order chi connectivity index (χ0) is 15.1. The first-order valence-corrected chi connectivity index (χ1v) is 6.98. The van der Waals surface area contributed by atoms with Crippen LogP contribution in [0.5, 0.6) is 5.75 Å². The third-order valence-corrected chi connectivity index (χ3v) is 3.06. The molecule has 7 heteroatoms. The van der Waals surface area contributed by atoms with Gasteiger partial charge in [0.1, 0.15) is 5.75 Å². The second-order valence-corrected chi connectivity index (χ2v) is 5.08. The molecule has 0 heterocycles. The van der Waals surface area contributed by atoms with Crippen LogP contribution in [0.15, 0.2) is 22.7 Å². The number of rotatable bonds is 6. The van der Waals surface area contributed by atoms with Crippen LogP contribution in [0.1, 0.15) is 25.5 Å². The lowest BCUT2D eigenvalue weighted by molar-refractivity contribution is -0.121. The van der Waals surface area contributed by atoms with Gasteiger partial charge in [-0.2, -0.15) is 0 Å². The number of hydrogen-bond donors (Lipinski definition) is 3. The molecule has 0 bridgehead atoms. The number of carbonyl (C=O) groups is 2. The fraction of sp³-hybridized carbons (Fsp3) is 0.385. The van der Waals surface area contributed by atoms with Gasteiger partial charge in [0, 0.05) is 16.1 Å². The highest BCUT2D eigenvalue weighted by atomic mass is 79.9. The zero-order valence-corrected chi connectivity index (χ0v) is 13.0. The fourth-order valence-electron chi connectivity index (χ4n) is 1.72. The number of ether oxygens (including phenoxy) is 1. The minimum Gasteiger partial charge on any atom is -0.483 e. The summed E-state index contributed by atoms with van der Waals surface area (Å²) in [7, 11) is 0. The van der Waals surface area contributed by atoms with Crippen LogP contribution in [0.4, 0.5) is 4.79 Å². The second-order valence-electron chi connectivity index (χ2n) is 4.16. The Labute approximate surface area is 126 Å². The van der Waals surface area contributed by atoms with Gasteiger partial charge in [0.05, 0.1) is 0 Å². The number of halogens is 1. The maximum absolute atomic E-state index is 11.3. The number of benzene rings is 1. The molecule has 0 aromatic heterocycles. The van der Waals surface area contributed by atoms with E-state index >= 15 is 0 Å². The summed E-state index contributed by atoms with van der Waals surface area (Å²) in [5, 5.41) is 5.22.